The first-order valence-electron chi connectivity index (χ1n) is 11.1. The van der Waals surface area contributed by atoms with Crippen LogP contribution in [0.4, 0.5) is 5.13 Å². The van der Waals surface area contributed by atoms with Gasteiger partial charge in [0, 0.05) is 39.0 Å². The quantitative estimate of drug-likeness (QED) is 0.391. The van der Waals surface area contributed by atoms with Gasteiger partial charge in [0.1, 0.15) is 0 Å². The summed E-state index contributed by atoms with van der Waals surface area (Å²) in [5.74, 6) is -0.312. The minimum absolute atomic E-state index is 0.0991. The first-order valence-corrected chi connectivity index (χ1v) is 15.2. The second-order valence-corrected chi connectivity index (χ2v) is 13.4. The number of sulfonamides is 1. The van der Waals surface area contributed by atoms with Crippen molar-refractivity contribution >= 4 is 52.5 Å². The maximum atomic E-state index is 13.6. The first-order chi connectivity index (χ1) is 16.4. The minimum atomic E-state index is -3.61. The zero-order valence-electron chi connectivity index (χ0n) is 20.4. The molecule has 0 unspecified atom stereocenters. The number of hydrogen-bond acceptors (Lipinski definition) is 8. The summed E-state index contributed by atoms with van der Waals surface area (Å²) in [6.45, 7) is 6.74. The lowest BCUT2D eigenvalue weighted by Crippen LogP contribution is -2.38. The Morgan fingerprint density at radius 1 is 0.914 bits per heavy atom. The van der Waals surface area contributed by atoms with Gasteiger partial charge < -0.3 is 4.90 Å². The summed E-state index contributed by atoms with van der Waals surface area (Å²) in [5.41, 5.74) is 0.934. The molecule has 190 valence electrons. The van der Waals surface area contributed by atoms with Crippen molar-refractivity contribution in [3.05, 3.63) is 48.0 Å². The van der Waals surface area contributed by atoms with Crippen LogP contribution >= 0.6 is 11.3 Å². The third-order valence-electron chi connectivity index (χ3n) is 5.67. The summed E-state index contributed by atoms with van der Waals surface area (Å²) >= 11 is 1.25. The third kappa shape index (κ3) is 6.07. The van der Waals surface area contributed by atoms with E-state index in [1.165, 1.54) is 55.8 Å². The molecule has 0 N–H and O–H groups in total. The Balaban J connectivity index is 2.00. The number of fused-ring (bicyclic) bond motifs is 1. The van der Waals surface area contributed by atoms with Crippen LogP contribution in [0.5, 0.6) is 0 Å². The van der Waals surface area contributed by atoms with Gasteiger partial charge >= 0.3 is 0 Å². The number of aromatic nitrogens is 1. The second kappa shape index (κ2) is 10.7. The number of amides is 1. The highest BCUT2D eigenvalue weighted by atomic mass is 32.2. The van der Waals surface area contributed by atoms with Crippen LogP contribution in [0.2, 0.25) is 0 Å². The van der Waals surface area contributed by atoms with Crippen LogP contribution in [0, 0.1) is 0 Å². The Hall–Kier alpha value is -2.38. The largest absolute Gasteiger partial charge is 0.302 e. The first kappa shape index (κ1) is 27.2. The van der Waals surface area contributed by atoms with Crippen LogP contribution in [0.15, 0.2) is 52.3 Å². The molecule has 0 fully saturated rings. The predicted octanol–water partition coefficient (Wildman–Crippen LogP) is 2.94. The van der Waals surface area contributed by atoms with Crippen molar-refractivity contribution in [3.8, 4) is 0 Å². The summed E-state index contributed by atoms with van der Waals surface area (Å²) in [6, 6.07) is 10.5. The predicted molar refractivity (Wildman–Crippen MR) is 140 cm³/mol. The van der Waals surface area contributed by atoms with Crippen LogP contribution in [-0.2, 0) is 19.9 Å². The van der Waals surface area contributed by atoms with E-state index in [-0.39, 0.29) is 15.7 Å². The van der Waals surface area contributed by atoms with E-state index in [4.69, 9.17) is 0 Å². The Morgan fingerprint density at radius 3 is 2.06 bits per heavy atom. The maximum absolute atomic E-state index is 13.6. The molecule has 2 aromatic carbocycles. The topological polar surface area (TPSA) is 108 Å². The molecule has 0 aliphatic carbocycles. The Labute approximate surface area is 211 Å². The molecule has 0 saturated heterocycles. The Morgan fingerprint density at radius 2 is 1.51 bits per heavy atom. The van der Waals surface area contributed by atoms with E-state index in [9.17, 15) is 21.6 Å². The number of nitrogens with zero attached hydrogens (tertiary/aromatic N) is 4. The summed E-state index contributed by atoms with van der Waals surface area (Å²) in [5, 5.41) is 0.452. The van der Waals surface area contributed by atoms with Crippen molar-refractivity contribution in [2.75, 3.05) is 51.4 Å². The van der Waals surface area contributed by atoms with Gasteiger partial charge in [-0.1, -0.05) is 25.2 Å². The van der Waals surface area contributed by atoms with Gasteiger partial charge in [-0.05, 0) is 55.6 Å². The summed E-state index contributed by atoms with van der Waals surface area (Å²) < 4.78 is 50.5. The van der Waals surface area contributed by atoms with Crippen molar-refractivity contribution in [2.45, 2.75) is 23.6 Å². The van der Waals surface area contributed by atoms with Gasteiger partial charge in [-0.15, -0.1) is 0 Å². The molecule has 0 bridgehead atoms. The van der Waals surface area contributed by atoms with Gasteiger partial charge in [0.15, 0.2) is 15.0 Å². The van der Waals surface area contributed by atoms with Crippen molar-refractivity contribution in [1.82, 2.24) is 14.2 Å². The van der Waals surface area contributed by atoms with Crippen molar-refractivity contribution in [2.24, 2.45) is 0 Å². The average Bonchev–Trinajstić information content (AvgIpc) is 3.24. The maximum Gasteiger partial charge on any atom is 0.260 e. The fourth-order valence-corrected chi connectivity index (χ4v) is 6.09. The second-order valence-electron chi connectivity index (χ2n) is 8.19. The summed E-state index contributed by atoms with van der Waals surface area (Å²) in [7, 11) is -4.09. The third-order valence-corrected chi connectivity index (χ3v) is 9.65. The molecule has 1 heterocycles. The van der Waals surface area contributed by atoms with E-state index >= 15 is 0 Å². The van der Waals surface area contributed by atoms with Crippen LogP contribution in [0.1, 0.15) is 24.2 Å². The SMILES string of the molecule is CCN(CC)CCN(C(=O)c1ccc(S(=O)(=O)N(C)C)cc1)c1nc2ccc(S(C)(=O)=O)cc2s1. The zero-order valence-corrected chi connectivity index (χ0v) is 22.9. The normalized spacial score (nSPS) is 12.5. The Bertz CT molecular complexity index is 1410. The lowest BCUT2D eigenvalue weighted by Gasteiger charge is -2.24. The summed E-state index contributed by atoms with van der Waals surface area (Å²) in [4.78, 5) is 22.2. The molecule has 12 heteroatoms. The number of thiazole rings is 1. The van der Waals surface area contributed by atoms with Crippen LogP contribution < -0.4 is 4.90 Å². The lowest BCUT2D eigenvalue weighted by atomic mass is 10.2. The van der Waals surface area contributed by atoms with E-state index in [0.29, 0.717) is 34.0 Å². The molecule has 9 nitrogen and oxygen atoms in total. The molecule has 0 aliphatic rings. The molecule has 0 saturated carbocycles. The highest BCUT2D eigenvalue weighted by Gasteiger charge is 2.24. The molecule has 3 aromatic rings. The van der Waals surface area contributed by atoms with Gasteiger partial charge in [0.2, 0.25) is 10.0 Å². The number of carbonyl (C=O) groups excluding carboxylic acids is 1. The fourth-order valence-electron chi connectivity index (χ4n) is 3.44. The number of rotatable bonds is 10. The lowest BCUT2D eigenvalue weighted by molar-refractivity contribution is 0.0983. The molecular formula is C23H30N4O5S3. The van der Waals surface area contributed by atoms with Crippen molar-refractivity contribution < 1.29 is 21.6 Å². The van der Waals surface area contributed by atoms with E-state index < -0.39 is 19.9 Å². The van der Waals surface area contributed by atoms with Gasteiger partial charge in [0.25, 0.3) is 5.91 Å². The summed E-state index contributed by atoms with van der Waals surface area (Å²) in [6.07, 6.45) is 1.15. The molecule has 0 aliphatic heterocycles. The number of carbonyl (C=O) groups is 1. The number of likely N-dealkylation sites (N-methyl/N-ethyl adjacent to an activating group) is 1. The smallest absolute Gasteiger partial charge is 0.260 e. The van der Waals surface area contributed by atoms with Crippen molar-refractivity contribution in [1.29, 1.82) is 0 Å². The fraction of sp³-hybridized carbons (Fsp3) is 0.391. The van der Waals surface area contributed by atoms with E-state index in [1.54, 1.807) is 17.0 Å². The number of anilines is 1. The monoisotopic (exact) mass is 538 g/mol. The van der Waals surface area contributed by atoms with E-state index in [0.717, 1.165) is 23.7 Å². The van der Waals surface area contributed by atoms with Gasteiger partial charge in [-0.25, -0.2) is 26.1 Å². The molecule has 1 aromatic heterocycles. The van der Waals surface area contributed by atoms with E-state index in [1.807, 2.05) is 13.8 Å². The van der Waals surface area contributed by atoms with Crippen LogP contribution in [-0.4, -0.2) is 83.5 Å². The zero-order chi connectivity index (χ0) is 26.0. The van der Waals surface area contributed by atoms with Gasteiger partial charge in [0.05, 0.1) is 20.0 Å². The Kier molecular flexibility index (Phi) is 8.32. The molecular weight excluding hydrogens is 508 g/mol. The molecule has 3 rings (SSSR count). The molecule has 0 atom stereocenters. The average molecular weight is 539 g/mol. The molecule has 35 heavy (non-hydrogen) atoms. The minimum Gasteiger partial charge on any atom is -0.302 e. The highest BCUT2D eigenvalue weighted by Crippen LogP contribution is 2.31. The molecule has 1 amide bonds. The molecule has 0 spiro atoms. The standard InChI is InChI=1S/C23H30N4O5S3/c1-6-26(7-2)14-15-27(22(28)17-8-10-18(11-9-17)35(31,32)25(3)4)23-24-20-13-12-19(34(5,29)30)16-21(20)33-23/h8-13,16H,6-7,14-15H2,1-5H3. The number of benzene rings is 2. The van der Waals surface area contributed by atoms with Gasteiger partial charge in [-0.2, -0.15) is 0 Å². The van der Waals surface area contributed by atoms with Crippen LogP contribution in [0.25, 0.3) is 10.2 Å². The highest BCUT2D eigenvalue weighted by molar-refractivity contribution is 7.90. The van der Waals surface area contributed by atoms with Gasteiger partial charge in [-0.3, -0.25) is 9.69 Å². The van der Waals surface area contributed by atoms with E-state index in [2.05, 4.69) is 9.88 Å². The number of hydrogen-bond donors (Lipinski definition) is 0. The van der Waals surface area contributed by atoms with Crippen molar-refractivity contribution in [3.63, 3.8) is 0 Å². The van der Waals surface area contributed by atoms with Crippen LogP contribution in [0.3, 0.4) is 0 Å². The molecule has 0 radical (unpaired) electrons. The number of sulfone groups is 1.